The van der Waals surface area contributed by atoms with E-state index < -0.39 is 0 Å². The van der Waals surface area contributed by atoms with E-state index in [1.807, 2.05) is 30.3 Å². The van der Waals surface area contributed by atoms with Crippen LogP contribution in [0.1, 0.15) is 12.8 Å². The van der Waals surface area contributed by atoms with E-state index >= 15 is 0 Å². The number of halogens is 1. The van der Waals surface area contributed by atoms with E-state index in [1.165, 1.54) is 6.33 Å². The summed E-state index contributed by atoms with van der Waals surface area (Å²) in [5.74, 6) is 2.26. The van der Waals surface area contributed by atoms with Crippen LogP contribution in [-0.4, -0.2) is 29.2 Å². The van der Waals surface area contributed by atoms with Gasteiger partial charge in [0.25, 0.3) is 0 Å². The van der Waals surface area contributed by atoms with Gasteiger partial charge in [0.2, 0.25) is 0 Å². The van der Waals surface area contributed by atoms with Gasteiger partial charge in [-0.25, -0.2) is 9.97 Å². The van der Waals surface area contributed by atoms with Gasteiger partial charge in [-0.05, 0) is 37.1 Å². The van der Waals surface area contributed by atoms with E-state index in [0.29, 0.717) is 18.5 Å². The molecule has 1 aliphatic rings. The highest BCUT2D eigenvalue weighted by molar-refractivity contribution is 9.10. The van der Waals surface area contributed by atoms with Gasteiger partial charge in [0.05, 0.1) is 6.04 Å². The monoisotopic (exact) mass is 348 g/mol. The van der Waals surface area contributed by atoms with Crippen molar-refractivity contribution >= 4 is 27.6 Å². The van der Waals surface area contributed by atoms with Crippen molar-refractivity contribution in [3.63, 3.8) is 0 Å². The summed E-state index contributed by atoms with van der Waals surface area (Å²) in [6.07, 6.45) is 3.74. The van der Waals surface area contributed by atoms with Crippen LogP contribution in [0.25, 0.3) is 0 Å². The zero-order valence-electron chi connectivity index (χ0n) is 11.6. The molecule has 21 heavy (non-hydrogen) atoms. The lowest BCUT2D eigenvalue weighted by atomic mass is 10.2. The molecule has 110 valence electrons. The second-order valence-electron chi connectivity index (χ2n) is 5.06. The maximum Gasteiger partial charge on any atom is 0.134 e. The molecular formula is C15H17BrN4O. The largest absolute Gasteiger partial charge is 0.491 e. The molecule has 3 rings (SSSR count). The smallest absolute Gasteiger partial charge is 0.134 e. The van der Waals surface area contributed by atoms with Crippen LogP contribution in [0.15, 0.2) is 41.1 Å². The summed E-state index contributed by atoms with van der Waals surface area (Å²) in [6.45, 7) is 1.62. The summed E-state index contributed by atoms with van der Waals surface area (Å²) in [5.41, 5.74) is 5.74. The Morgan fingerprint density at radius 2 is 2.10 bits per heavy atom. The number of rotatable bonds is 4. The van der Waals surface area contributed by atoms with Gasteiger partial charge in [-0.3, -0.25) is 0 Å². The minimum absolute atomic E-state index is 0.322. The third-order valence-corrected chi connectivity index (χ3v) is 4.13. The molecular weight excluding hydrogens is 332 g/mol. The standard InChI is InChI=1S/C15H17BrN4O/c16-11-3-5-13(6-4-11)21-9-12-2-1-7-20(12)15-8-14(17)18-10-19-15/h3-6,8,10,12H,1-2,7,9H2,(H2,17,18,19)/t12-/m0/s1. The highest BCUT2D eigenvalue weighted by atomic mass is 79.9. The first-order valence-corrected chi connectivity index (χ1v) is 7.74. The van der Waals surface area contributed by atoms with E-state index in [9.17, 15) is 0 Å². The third-order valence-electron chi connectivity index (χ3n) is 3.60. The van der Waals surface area contributed by atoms with Crippen LogP contribution < -0.4 is 15.4 Å². The van der Waals surface area contributed by atoms with E-state index in [2.05, 4.69) is 30.8 Å². The maximum absolute atomic E-state index is 5.89. The summed E-state index contributed by atoms with van der Waals surface area (Å²) in [7, 11) is 0. The van der Waals surface area contributed by atoms with Crippen LogP contribution in [0.4, 0.5) is 11.6 Å². The summed E-state index contributed by atoms with van der Waals surface area (Å²) < 4.78 is 6.94. The molecule has 0 saturated carbocycles. The first-order valence-electron chi connectivity index (χ1n) is 6.95. The van der Waals surface area contributed by atoms with Crippen molar-refractivity contribution in [2.45, 2.75) is 18.9 Å². The van der Waals surface area contributed by atoms with Gasteiger partial charge in [-0.1, -0.05) is 15.9 Å². The van der Waals surface area contributed by atoms with Gasteiger partial charge in [0.15, 0.2) is 0 Å². The van der Waals surface area contributed by atoms with Gasteiger partial charge in [0.1, 0.15) is 30.3 Å². The summed E-state index contributed by atoms with van der Waals surface area (Å²) in [5, 5.41) is 0. The molecule has 2 aromatic rings. The Labute approximate surface area is 132 Å². The van der Waals surface area contributed by atoms with E-state index in [4.69, 9.17) is 10.5 Å². The van der Waals surface area contributed by atoms with Gasteiger partial charge in [-0.15, -0.1) is 0 Å². The number of hydrogen-bond donors (Lipinski definition) is 1. The van der Waals surface area contributed by atoms with Crippen LogP contribution in [0.5, 0.6) is 5.75 Å². The summed E-state index contributed by atoms with van der Waals surface area (Å²) in [6, 6.07) is 10.0. The molecule has 0 unspecified atom stereocenters. The minimum atomic E-state index is 0.322. The number of aromatic nitrogens is 2. The molecule has 0 bridgehead atoms. The van der Waals surface area contributed by atoms with Crippen molar-refractivity contribution in [1.29, 1.82) is 0 Å². The van der Waals surface area contributed by atoms with Crippen LogP contribution in [0.2, 0.25) is 0 Å². The number of nitrogens with two attached hydrogens (primary N) is 1. The Kier molecular flexibility index (Phi) is 4.24. The fraction of sp³-hybridized carbons (Fsp3) is 0.333. The number of nitrogen functional groups attached to an aromatic ring is 1. The lowest BCUT2D eigenvalue weighted by molar-refractivity contribution is 0.288. The molecule has 1 aromatic heterocycles. The molecule has 6 heteroatoms. The quantitative estimate of drug-likeness (QED) is 0.920. The fourth-order valence-corrected chi connectivity index (χ4v) is 2.82. The average Bonchev–Trinajstić information content (AvgIpc) is 2.95. The Morgan fingerprint density at radius 3 is 2.86 bits per heavy atom. The Bertz CT molecular complexity index is 605. The van der Waals surface area contributed by atoms with Crippen LogP contribution >= 0.6 is 15.9 Å². The van der Waals surface area contributed by atoms with E-state index in [1.54, 1.807) is 0 Å². The van der Waals surface area contributed by atoms with Crippen molar-refractivity contribution in [3.8, 4) is 5.75 Å². The molecule has 2 N–H and O–H groups in total. The molecule has 0 spiro atoms. The van der Waals surface area contributed by atoms with E-state index in [-0.39, 0.29) is 0 Å². The highest BCUT2D eigenvalue weighted by Crippen LogP contribution is 2.25. The highest BCUT2D eigenvalue weighted by Gasteiger charge is 2.26. The molecule has 1 aliphatic heterocycles. The first-order chi connectivity index (χ1) is 10.2. The number of hydrogen-bond acceptors (Lipinski definition) is 5. The Hall–Kier alpha value is -1.82. The van der Waals surface area contributed by atoms with Crippen molar-refractivity contribution in [2.75, 3.05) is 23.8 Å². The van der Waals surface area contributed by atoms with Crippen molar-refractivity contribution in [1.82, 2.24) is 9.97 Å². The normalized spacial score (nSPS) is 18.0. The molecule has 0 radical (unpaired) electrons. The number of nitrogens with zero attached hydrogens (tertiary/aromatic N) is 3. The van der Waals surface area contributed by atoms with Gasteiger partial charge >= 0.3 is 0 Å². The van der Waals surface area contributed by atoms with Gasteiger partial charge in [-0.2, -0.15) is 0 Å². The Balaban J connectivity index is 1.65. The van der Waals surface area contributed by atoms with Gasteiger partial charge < -0.3 is 15.4 Å². The average molecular weight is 349 g/mol. The molecule has 1 atom stereocenters. The number of anilines is 2. The number of benzene rings is 1. The SMILES string of the molecule is Nc1cc(N2CCC[C@H]2COc2ccc(Br)cc2)ncn1. The second-order valence-corrected chi connectivity index (χ2v) is 5.97. The molecule has 2 heterocycles. The summed E-state index contributed by atoms with van der Waals surface area (Å²) in [4.78, 5) is 10.5. The topological polar surface area (TPSA) is 64.3 Å². The van der Waals surface area contributed by atoms with Crippen LogP contribution in [-0.2, 0) is 0 Å². The molecule has 1 fully saturated rings. The van der Waals surface area contributed by atoms with E-state index in [0.717, 1.165) is 35.4 Å². The molecule has 5 nitrogen and oxygen atoms in total. The van der Waals surface area contributed by atoms with Crippen molar-refractivity contribution in [2.24, 2.45) is 0 Å². The summed E-state index contributed by atoms with van der Waals surface area (Å²) >= 11 is 3.42. The number of ether oxygens (including phenoxy) is 1. The molecule has 1 saturated heterocycles. The van der Waals surface area contributed by atoms with Crippen LogP contribution in [0.3, 0.4) is 0 Å². The lowest BCUT2D eigenvalue weighted by Crippen LogP contribution is -2.34. The van der Waals surface area contributed by atoms with Crippen molar-refractivity contribution in [3.05, 3.63) is 41.1 Å². The fourth-order valence-electron chi connectivity index (χ4n) is 2.55. The lowest BCUT2D eigenvalue weighted by Gasteiger charge is -2.25. The first kappa shape index (κ1) is 14.1. The maximum atomic E-state index is 5.89. The zero-order valence-corrected chi connectivity index (χ0v) is 13.2. The minimum Gasteiger partial charge on any atom is -0.491 e. The van der Waals surface area contributed by atoms with Crippen LogP contribution in [0, 0.1) is 0 Å². The predicted octanol–water partition coefficient (Wildman–Crippen LogP) is 2.87. The zero-order chi connectivity index (χ0) is 14.7. The molecule has 1 aromatic carbocycles. The Morgan fingerprint density at radius 1 is 1.29 bits per heavy atom. The second kappa shape index (κ2) is 6.30. The molecule has 0 amide bonds. The third kappa shape index (κ3) is 3.44. The molecule has 0 aliphatic carbocycles. The van der Waals surface area contributed by atoms with Crippen molar-refractivity contribution < 1.29 is 4.74 Å². The van der Waals surface area contributed by atoms with Gasteiger partial charge in [0, 0.05) is 17.1 Å². The predicted molar refractivity (Wildman–Crippen MR) is 86.4 cm³/mol.